The third-order valence-electron chi connectivity index (χ3n) is 1.40. The Morgan fingerprint density at radius 2 is 2.25 bits per heavy atom. The Balaban J connectivity index is 3.11. The predicted octanol–water partition coefficient (Wildman–Crippen LogP) is -0.155. The molecule has 0 bridgehead atoms. The summed E-state index contributed by atoms with van der Waals surface area (Å²) in [5.41, 5.74) is -0.267. The highest BCUT2D eigenvalue weighted by atomic mass is 16.5. The Kier molecular flexibility index (Phi) is 2.32. The second-order valence-corrected chi connectivity index (χ2v) is 2.50. The van der Waals surface area contributed by atoms with E-state index in [2.05, 4.69) is 9.97 Å². The fraction of sp³-hybridized carbons (Fsp3) is 0.429. The summed E-state index contributed by atoms with van der Waals surface area (Å²) in [5.74, 6) is 0.737. The third kappa shape index (κ3) is 1.55. The van der Waals surface area contributed by atoms with Gasteiger partial charge in [0.05, 0.1) is 13.3 Å². The van der Waals surface area contributed by atoms with Crippen molar-refractivity contribution in [3.05, 3.63) is 16.6 Å². The van der Waals surface area contributed by atoms with Gasteiger partial charge in [-0.05, 0) is 0 Å². The zero-order chi connectivity index (χ0) is 9.14. The maximum absolute atomic E-state index is 11.1. The maximum atomic E-state index is 11.1. The minimum atomic E-state index is -0.267. The molecule has 12 heavy (non-hydrogen) atoms. The fourth-order valence-corrected chi connectivity index (χ4v) is 0.746. The molecule has 0 aliphatic rings. The van der Waals surface area contributed by atoms with Crippen molar-refractivity contribution in [2.24, 2.45) is 0 Å². The van der Waals surface area contributed by atoms with Gasteiger partial charge in [-0.25, -0.2) is 4.98 Å². The molecule has 0 saturated carbocycles. The van der Waals surface area contributed by atoms with Crippen molar-refractivity contribution in [3.63, 3.8) is 0 Å². The summed E-state index contributed by atoms with van der Waals surface area (Å²) in [6.45, 7) is 0. The summed E-state index contributed by atoms with van der Waals surface area (Å²) < 4.78 is 4.75. The summed E-state index contributed by atoms with van der Waals surface area (Å²) in [5, 5.41) is 0. The second kappa shape index (κ2) is 3.25. The molecule has 0 saturated heterocycles. The molecule has 0 aliphatic heterocycles. The molecule has 1 N–H and O–H groups in total. The first-order valence-electron chi connectivity index (χ1n) is 3.46. The molecular weight excluding hydrogens is 158 g/mol. The molecule has 5 nitrogen and oxygen atoms in total. The van der Waals surface area contributed by atoms with Crippen LogP contribution in [-0.2, 0) is 0 Å². The van der Waals surface area contributed by atoms with E-state index in [1.165, 1.54) is 13.3 Å². The molecule has 0 aliphatic carbocycles. The molecule has 1 rings (SSSR count). The zero-order valence-corrected chi connectivity index (χ0v) is 7.29. The molecule has 1 aromatic rings. The molecule has 0 radical (unpaired) electrons. The average molecular weight is 169 g/mol. The van der Waals surface area contributed by atoms with Gasteiger partial charge in [0.25, 0.3) is 5.56 Å². The van der Waals surface area contributed by atoms with E-state index >= 15 is 0 Å². The summed E-state index contributed by atoms with van der Waals surface area (Å²) in [6, 6.07) is 0. The van der Waals surface area contributed by atoms with Crippen LogP contribution >= 0.6 is 0 Å². The first kappa shape index (κ1) is 8.58. The van der Waals surface area contributed by atoms with Crippen LogP contribution in [0, 0.1) is 0 Å². The first-order valence-corrected chi connectivity index (χ1v) is 3.46. The third-order valence-corrected chi connectivity index (χ3v) is 1.40. The lowest BCUT2D eigenvalue weighted by Gasteiger charge is -2.09. The molecule has 1 aromatic heterocycles. The highest BCUT2D eigenvalue weighted by molar-refractivity contribution is 5.28. The van der Waals surface area contributed by atoms with Gasteiger partial charge in [-0.2, -0.15) is 0 Å². The van der Waals surface area contributed by atoms with Gasteiger partial charge >= 0.3 is 0 Å². The van der Waals surface area contributed by atoms with Crippen molar-refractivity contribution < 1.29 is 4.74 Å². The monoisotopic (exact) mass is 169 g/mol. The quantitative estimate of drug-likeness (QED) is 0.668. The highest BCUT2D eigenvalue weighted by Crippen LogP contribution is 2.02. The lowest BCUT2D eigenvalue weighted by Crippen LogP contribution is -2.19. The molecule has 0 fully saturated rings. The Bertz CT molecular complexity index is 319. The number of H-pyrrole nitrogens is 1. The number of aromatic amines is 1. The minimum absolute atomic E-state index is 0.223. The number of nitrogens with one attached hydrogen (secondary N) is 1. The van der Waals surface area contributed by atoms with Gasteiger partial charge in [0.1, 0.15) is 0 Å². The van der Waals surface area contributed by atoms with Crippen LogP contribution in [0.25, 0.3) is 0 Å². The summed E-state index contributed by atoms with van der Waals surface area (Å²) in [6.07, 6.45) is 1.40. The van der Waals surface area contributed by atoms with Crippen molar-refractivity contribution in [2.75, 3.05) is 26.1 Å². The van der Waals surface area contributed by atoms with E-state index in [0.717, 1.165) is 0 Å². The molecule has 66 valence electrons. The number of rotatable bonds is 2. The van der Waals surface area contributed by atoms with E-state index in [-0.39, 0.29) is 11.3 Å². The Hall–Kier alpha value is -1.52. The molecule has 0 atom stereocenters. The van der Waals surface area contributed by atoms with Gasteiger partial charge in [0.15, 0.2) is 0 Å². The molecule has 0 amide bonds. The van der Waals surface area contributed by atoms with Crippen LogP contribution in [0.2, 0.25) is 0 Å². The van der Waals surface area contributed by atoms with Gasteiger partial charge in [0, 0.05) is 14.1 Å². The van der Waals surface area contributed by atoms with Crippen LogP contribution in [0.15, 0.2) is 11.0 Å². The number of hydrogen-bond acceptors (Lipinski definition) is 4. The number of ether oxygens (including phenoxy) is 1. The van der Waals surface area contributed by atoms with Crippen molar-refractivity contribution in [3.8, 4) is 5.75 Å². The molecule has 1 heterocycles. The smallest absolute Gasteiger partial charge is 0.294 e. The Labute approximate surface area is 70.0 Å². The van der Waals surface area contributed by atoms with Gasteiger partial charge < -0.3 is 9.64 Å². The van der Waals surface area contributed by atoms with Gasteiger partial charge in [-0.1, -0.05) is 0 Å². The zero-order valence-electron chi connectivity index (χ0n) is 7.29. The highest BCUT2D eigenvalue weighted by Gasteiger charge is 2.02. The first-order chi connectivity index (χ1) is 5.65. The van der Waals surface area contributed by atoms with Crippen LogP contribution in [0.5, 0.6) is 5.75 Å². The van der Waals surface area contributed by atoms with E-state index < -0.39 is 0 Å². The number of methoxy groups -OCH3 is 1. The van der Waals surface area contributed by atoms with E-state index in [9.17, 15) is 4.79 Å². The summed E-state index contributed by atoms with van der Waals surface area (Å²) >= 11 is 0. The van der Waals surface area contributed by atoms with Crippen molar-refractivity contribution in [1.29, 1.82) is 0 Å². The lowest BCUT2D eigenvalue weighted by atomic mass is 10.6. The molecular formula is C7H11N3O2. The minimum Gasteiger partial charge on any atom is -0.490 e. The topological polar surface area (TPSA) is 58.2 Å². The van der Waals surface area contributed by atoms with Crippen LogP contribution in [0.4, 0.5) is 5.95 Å². The SMILES string of the molecule is COc1cnc(N(C)C)[nH]c1=O. The maximum Gasteiger partial charge on any atom is 0.294 e. The van der Waals surface area contributed by atoms with Crippen molar-refractivity contribution in [2.45, 2.75) is 0 Å². The second-order valence-electron chi connectivity index (χ2n) is 2.50. The van der Waals surface area contributed by atoms with Gasteiger partial charge in [-0.15, -0.1) is 0 Å². The largest absolute Gasteiger partial charge is 0.490 e. The Morgan fingerprint density at radius 1 is 1.58 bits per heavy atom. The summed E-state index contributed by atoms with van der Waals surface area (Å²) in [7, 11) is 5.02. The van der Waals surface area contributed by atoms with Gasteiger partial charge in [0.2, 0.25) is 11.7 Å². The fourth-order valence-electron chi connectivity index (χ4n) is 0.746. The number of anilines is 1. The van der Waals surface area contributed by atoms with E-state index in [0.29, 0.717) is 5.95 Å². The number of hydrogen-bond donors (Lipinski definition) is 1. The molecule has 0 spiro atoms. The summed E-state index contributed by atoms with van der Waals surface area (Å²) in [4.78, 5) is 19.4. The van der Waals surface area contributed by atoms with E-state index in [1.807, 2.05) is 0 Å². The van der Waals surface area contributed by atoms with Crippen molar-refractivity contribution in [1.82, 2.24) is 9.97 Å². The van der Waals surface area contributed by atoms with Crippen LogP contribution in [0.3, 0.4) is 0 Å². The molecule has 0 unspecified atom stereocenters. The molecule has 5 heteroatoms. The van der Waals surface area contributed by atoms with Crippen LogP contribution in [-0.4, -0.2) is 31.2 Å². The van der Waals surface area contributed by atoms with E-state index in [1.54, 1.807) is 19.0 Å². The Morgan fingerprint density at radius 3 is 2.67 bits per heavy atom. The predicted molar refractivity (Wildman–Crippen MR) is 45.7 cm³/mol. The van der Waals surface area contributed by atoms with Crippen LogP contribution < -0.4 is 15.2 Å². The number of aromatic nitrogens is 2. The van der Waals surface area contributed by atoms with E-state index in [4.69, 9.17) is 4.74 Å². The normalized spacial score (nSPS) is 9.58. The average Bonchev–Trinajstić information content (AvgIpc) is 2.04. The van der Waals surface area contributed by atoms with Gasteiger partial charge in [-0.3, -0.25) is 9.78 Å². The number of nitrogens with zero attached hydrogens (tertiary/aromatic N) is 2. The standard InChI is InChI=1S/C7H11N3O2/c1-10(2)7-8-4-5(12-3)6(11)9-7/h4H,1-3H3,(H,8,9,11). The molecule has 0 aromatic carbocycles. The van der Waals surface area contributed by atoms with Crippen LogP contribution in [0.1, 0.15) is 0 Å². The lowest BCUT2D eigenvalue weighted by molar-refractivity contribution is 0.406. The van der Waals surface area contributed by atoms with Crippen molar-refractivity contribution >= 4 is 5.95 Å².